The van der Waals surface area contributed by atoms with Crippen LogP contribution in [0, 0.1) is 16.7 Å². The van der Waals surface area contributed by atoms with Crippen molar-refractivity contribution in [1.29, 1.82) is 5.26 Å². The molecule has 2 aliphatic heterocycles. The van der Waals surface area contributed by atoms with Crippen molar-refractivity contribution in [3.05, 3.63) is 53.9 Å². The maximum Gasteiger partial charge on any atom is 0.397 e. The lowest BCUT2D eigenvalue weighted by molar-refractivity contribution is -0.187. The second-order valence-electron chi connectivity index (χ2n) is 8.61. The molecular weight excluding hydrogens is 421 g/mol. The number of alkyl halides is 3. The number of halogens is 3. The minimum atomic E-state index is -4.43. The third kappa shape index (κ3) is 2.42. The summed E-state index contributed by atoms with van der Waals surface area (Å²) in [6.07, 6.45) is -1.04. The molecule has 32 heavy (non-hydrogen) atoms. The molecular formula is C22H17F3N6O. The Morgan fingerprint density at radius 3 is 2.81 bits per heavy atom. The van der Waals surface area contributed by atoms with Gasteiger partial charge in [0.15, 0.2) is 0 Å². The van der Waals surface area contributed by atoms with Crippen LogP contribution in [-0.2, 0) is 5.41 Å². The van der Waals surface area contributed by atoms with Gasteiger partial charge in [-0.3, -0.25) is 4.98 Å². The van der Waals surface area contributed by atoms with Crippen LogP contribution in [0.15, 0.2) is 41.0 Å². The molecule has 1 saturated carbocycles. The number of benzene rings is 1. The molecule has 2 atom stereocenters. The molecule has 1 N–H and O–H groups in total. The molecule has 0 amide bonds. The standard InChI is InChI=1S/C22H17F3N6O/c23-22(24,25)21-10-20(21,19-30-29-18(32-19)14-5-7-27-9-14)11-31(12-21)16-4-3-13(8-26)17-15(16)2-1-6-28-17/h1-6,27H,7,9-12H2/t20-,21-/m0/s1. The summed E-state index contributed by atoms with van der Waals surface area (Å²) in [7, 11) is 0. The second-order valence-corrected chi connectivity index (χ2v) is 8.61. The van der Waals surface area contributed by atoms with Gasteiger partial charge in [0.05, 0.1) is 16.5 Å². The number of nitriles is 1. The first-order valence-electron chi connectivity index (χ1n) is 10.2. The molecule has 0 spiro atoms. The summed E-state index contributed by atoms with van der Waals surface area (Å²) in [5.41, 5.74) is -0.958. The lowest BCUT2D eigenvalue weighted by Gasteiger charge is -2.25. The summed E-state index contributed by atoms with van der Waals surface area (Å²) in [6.45, 7) is 1.10. The molecule has 4 heterocycles. The van der Waals surface area contributed by atoms with E-state index in [0.29, 0.717) is 35.2 Å². The minimum Gasteiger partial charge on any atom is -0.420 e. The monoisotopic (exact) mass is 438 g/mol. The van der Waals surface area contributed by atoms with Crippen LogP contribution in [0.2, 0.25) is 0 Å². The first-order chi connectivity index (χ1) is 15.4. The number of aromatic nitrogens is 3. The highest BCUT2D eigenvalue weighted by atomic mass is 19.4. The van der Waals surface area contributed by atoms with E-state index in [0.717, 1.165) is 5.57 Å². The number of pyridine rings is 1. The number of nitrogens with zero attached hydrogens (tertiary/aromatic N) is 5. The van der Waals surface area contributed by atoms with E-state index in [1.54, 1.807) is 35.4 Å². The Morgan fingerprint density at radius 1 is 1.19 bits per heavy atom. The largest absolute Gasteiger partial charge is 0.420 e. The molecule has 1 saturated heterocycles. The molecule has 10 heteroatoms. The van der Waals surface area contributed by atoms with Crippen LogP contribution in [0.25, 0.3) is 16.5 Å². The fraction of sp³-hybridized carbons (Fsp3) is 0.364. The molecule has 0 bridgehead atoms. The molecule has 2 aromatic heterocycles. The van der Waals surface area contributed by atoms with Gasteiger partial charge in [-0.2, -0.15) is 18.4 Å². The van der Waals surface area contributed by atoms with Crippen molar-refractivity contribution < 1.29 is 17.6 Å². The number of anilines is 1. The zero-order valence-electron chi connectivity index (χ0n) is 16.8. The van der Waals surface area contributed by atoms with Crippen molar-refractivity contribution in [3.63, 3.8) is 0 Å². The SMILES string of the molecule is N#Cc1ccc(N2C[C@]3(c4nnc(C5=CCNC5)o4)C[C@]3(C(F)(F)F)C2)c2cccnc12. The molecule has 1 aromatic carbocycles. The summed E-state index contributed by atoms with van der Waals surface area (Å²) in [4.78, 5) is 5.99. The summed E-state index contributed by atoms with van der Waals surface area (Å²) < 4.78 is 48.9. The molecule has 7 nitrogen and oxygen atoms in total. The molecule has 1 aliphatic carbocycles. The third-order valence-electron chi connectivity index (χ3n) is 6.98. The van der Waals surface area contributed by atoms with Crippen molar-refractivity contribution >= 4 is 22.2 Å². The Balaban J connectivity index is 1.43. The highest BCUT2D eigenvalue weighted by molar-refractivity contribution is 5.95. The molecule has 0 radical (unpaired) electrons. The summed E-state index contributed by atoms with van der Waals surface area (Å²) >= 11 is 0. The highest BCUT2D eigenvalue weighted by Crippen LogP contribution is 2.75. The average Bonchev–Trinajstić information content (AvgIpc) is 3.27. The van der Waals surface area contributed by atoms with Crippen LogP contribution in [0.5, 0.6) is 0 Å². The molecule has 0 unspecified atom stereocenters. The van der Waals surface area contributed by atoms with Gasteiger partial charge in [0.25, 0.3) is 0 Å². The fourth-order valence-electron chi connectivity index (χ4n) is 5.28. The summed E-state index contributed by atoms with van der Waals surface area (Å²) in [5, 5.41) is 21.3. The van der Waals surface area contributed by atoms with Crippen LogP contribution in [0.1, 0.15) is 23.8 Å². The van der Waals surface area contributed by atoms with Gasteiger partial charge in [0.2, 0.25) is 11.8 Å². The number of nitrogens with one attached hydrogen (secondary N) is 1. The predicted octanol–water partition coefficient (Wildman–Crippen LogP) is 3.19. The van der Waals surface area contributed by atoms with Gasteiger partial charge < -0.3 is 14.6 Å². The van der Waals surface area contributed by atoms with Crippen LogP contribution in [0.3, 0.4) is 0 Å². The smallest absolute Gasteiger partial charge is 0.397 e. The van der Waals surface area contributed by atoms with Crippen LogP contribution >= 0.6 is 0 Å². The summed E-state index contributed by atoms with van der Waals surface area (Å²) in [6, 6.07) is 8.88. The van der Waals surface area contributed by atoms with Crippen molar-refractivity contribution in [2.24, 2.45) is 5.41 Å². The van der Waals surface area contributed by atoms with E-state index in [9.17, 15) is 18.4 Å². The molecule has 3 aliphatic rings. The van der Waals surface area contributed by atoms with Gasteiger partial charge in [-0.15, -0.1) is 10.2 Å². The van der Waals surface area contributed by atoms with Crippen molar-refractivity contribution in [2.75, 3.05) is 31.1 Å². The molecule has 2 fully saturated rings. The Labute approximate surface area is 180 Å². The Hall–Kier alpha value is -3.45. The Kier molecular flexibility index (Phi) is 3.79. The number of rotatable bonds is 3. The zero-order chi connectivity index (χ0) is 22.1. The second kappa shape index (κ2) is 6.29. The number of fused-ring (bicyclic) bond motifs is 2. The number of hydrogen-bond donors (Lipinski definition) is 1. The van der Waals surface area contributed by atoms with Gasteiger partial charge in [-0.1, -0.05) is 6.08 Å². The Morgan fingerprint density at radius 2 is 2.06 bits per heavy atom. The Bertz CT molecular complexity index is 1330. The fourth-order valence-corrected chi connectivity index (χ4v) is 5.28. The number of hydrogen-bond acceptors (Lipinski definition) is 7. The van der Waals surface area contributed by atoms with E-state index in [1.807, 2.05) is 6.08 Å². The van der Waals surface area contributed by atoms with Crippen LogP contribution in [-0.4, -0.2) is 47.5 Å². The highest BCUT2D eigenvalue weighted by Gasteiger charge is 2.86. The van der Waals surface area contributed by atoms with Crippen LogP contribution in [0.4, 0.5) is 18.9 Å². The van der Waals surface area contributed by atoms with Gasteiger partial charge in [0.1, 0.15) is 11.5 Å². The molecule has 6 rings (SSSR count). The van der Waals surface area contributed by atoms with E-state index in [2.05, 4.69) is 26.6 Å². The molecule has 162 valence electrons. The minimum absolute atomic E-state index is 0.0381. The normalized spacial score (nSPS) is 26.8. The van der Waals surface area contributed by atoms with Gasteiger partial charge in [0, 0.05) is 49.0 Å². The third-order valence-corrected chi connectivity index (χ3v) is 6.98. The van der Waals surface area contributed by atoms with E-state index in [4.69, 9.17) is 4.42 Å². The van der Waals surface area contributed by atoms with Gasteiger partial charge in [-0.05, 0) is 30.7 Å². The molecule has 3 aromatic rings. The van der Waals surface area contributed by atoms with E-state index in [1.165, 1.54) is 0 Å². The van der Waals surface area contributed by atoms with E-state index < -0.39 is 17.0 Å². The van der Waals surface area contributed by atoms with Crippen molar-refractivity contribution in [3.8, 4) is 6.07 Å². The maximum absolute atomic E-state index is 14.4. The predicted molar refractivity (Wildman–Crippen MR) is 109 cm³/mol. The summed E-state index contributed by atoms with van der Waals surface area (Å²) in [5.74, 6) is 0.310. The maximum atomic E-state index is 14.4. The first kappa shape index (κ1) is 19.3. The van der Waals surface area contributed by atoms with E-state index >= 15 is 0 Å². The topological polar surface area (TPSA) is 90.9 Å². The van der Waals surface area contributed by atoms with E-state index in [-0.39, 0.29) is 31.3 Å². The van der Waals surface area contributed by atoms with Crippen molar-refractivity contribution in [1.82, 2.24) is 20.5 Å². The zero-order valence-corrected chi connectivity index (χ0v) is 16.8. The van der Waals surface area contributed by atoms with Crippen LogP contribution < -0.4 is 10.2 Å². The lowest BCUT2D eigenvalue weighted by Crippen LogP contribution is -2.34. The first-order valence-corrected chi connectivity index (χ1v) is 10.2. The quantitative estimate of drug-likeness (QED) is 0.672. The lowest BCUT2D eigenvalue weighted by atomic mass is 9.95. The van der Waals surface area contributed by atoms with Gasteiger partial charge in [-0.25, -0.2) is 0 Å². The average molecular weight is 438 g/mol. The van der Waals surface area contributed by atoms with Gasteiger partial charge >= 0.3 is 6.18 Å². The number of piperidine rings is 1. The van der Waals surface area contributed by atoms with Crippen molar-refractivity contribution in [2.45, 2.75) is 18.0 Å².